The van der Waals surface area contributed by atoms with Gasteiger partial charge in [-0.3, -0.25) is 0 Å². The molecule has 0 radical (unpaired) electrons. The van der Waals surface area contributed by atoms with Gasteiger partial charge in [0.15, 0.2) is 0 Å². The van der Waals surface area contributed by atoms with Crippen molar-refractivity contribution in [3.63, 3.8) is 0 Å². The first-order valence-corrected chi connectivity index (χ1v) is 5.14. The molecule has 2 nitrogen and oxygen atoms in total. The van der Waals surface area contributed by atoms with Gasteiger partial charge < -0.3 is 10.4 Å². The Morgan fingerprint density at radius 2 is 2.25 bits per heavy atom. The van der Waals surface area contributed by atoms with E-state index in [-0.39, 0.29) is 11.5 Å². The average Bonchev–Trinajstić information content (AvgIpc) is 2.53. The van der Waals surface area contributed by atoms with Gasteiger partial charge in [0.25, 0.3) is 0 Å². The van der Waals surface area contributed by atoms with Gasteiger partial charge in [0.2, 0.25) is 0 Å². The average molecular weight is 171 g/mol. The van der Waals surface area contributed by atoms with E-state index in [1.807, 2.05) is 0 Å². The molecule has 0 bridgehead atoms. The van der Waals surface area contributed by atoms with Crippen LogP contribution in [0.2, 0.25) is 0 Å². The fourth-order valence-electron chi connectivity index (χ4n) is 2.36. The number of aliphatic hydroxyl groups is 1. The fraction of sp³-hybridized carbons (Fsp3) is 1.00. The molecule has 2 atom stereocenters. The summed E-state index contributed by atoms with van der Waals surface area (Å²) < 4.78 is 0. The standard InChI is InChI=1S/C10H21NO/c1-3-5-10(9(12)4-2)6-7-11-8-10/h9,11-12H,3-8H2,1-2H3. The zero-order chi connectivity index (χ0) is 9.03. The number of hydrogen-bond donors (Lipinski definition) is 2. The van der Waals surface area contributed by atoms with Crippen LogP contribution < -0.4 is 5.32 Å². The van der Waals surface area contributed by atoms with Crippen molar-refractivity contribution >= 4 is 0 Å². The van der Waals surface area contributed by atoms with E-state index in [0.717, 1.165) is 32.4 Å². The number of rotatable bonds is 4. The Kier molecular flexibility index (Phi) is 3.53. The summed E-state index contributed by atoms with van der Waals surface area (Å²) in [5, 5.41) is 13.3. The van der Waals surface area contributed by atoms with E-state index in [1.54, 1.807) is 0 Å². The second kappa shape index (κ2) is 4.24. The van der Waals surface area contributed by atoms with Gasteiger partial charge in [-0.05, 0) is 25.8 Å². The monoisotopic (exact) mass is 171 g/mol. The molecule has 12 heavy (non-hydrogen) atoms. The third kappa shape index (κ3) is 1.80. The van der Waals surface area contributed by atoms with Gasteiger partial charge in [0.1, 0.15) is 0 Å². The maximum absolute atomic E-state index is 9.90. The molecule has 0 aliphatic carbocycles. The third-order valence-electron chi connectivity index (χ3n) is 3.12. The van der Waals surface area contributed by atoms with Gasteiger partial charge in [-0.1, -0.05) is 20.3 Å². The summed E-state index contributed by atoms with van der Waals surface area (Å²) in [7, 11) is 0. The van der Waals surface area contributed by atoms with E-state index < -0.39 is 0 Å². The van der Waals surface area contributed by atoms with Crippen LogP contribution in [0.1, 0.15) is 39.5 Å². The summed E-state index contributed by atoms with van der Waals surface area (Å²) in [6, 6.07) is 0. The van der Waals surface area contributed by atoms with Crippen LogP contribution in [-0.4, -0.2) is 24.3 Å². The Labute approximate surface area is 75.4 Å². The van der Waals surface area contributed by atoms with Crippen LogP contribution in [0.4, 0.5) is 0 Å². The molecule has 0 spiro atoms. The highest BCUT2D eigenvalue weighted by Gasteiger charge is 2.38. The molecule has 1 saturated heterocycles. The van der Waals surface area contributed by atoms with Crippen molar-refractivity contribution in [3.05, 3.63) is 0 Å². The van der Waals surface area contributed by atoms with Gasteiger partial charge >= 0.3 is 0 Å². The number of hydrogen-bond acceptors (Lipinski definition) is 2. The smallest absolute Gasteiger partial charge is 0.0606 e. The van der Waals surface area contributed by atoms with Crippen molar-refractivity contribution in [2.75, 3.05) is 13.1 Å². The summed E-state index contributed by atoms with van der Waals surface area (Å²) in [5.41, 5.74) is 0.198. The molecule has 1 aliphatic rings. The van der Waals surface area contributed by atoms with E-state index in [1.165, 1.54) is 6.42 Å². The van der Waals surface area contributed by atoms with Gasteiger partial charge in [-0.25, -0.2) is 0 Å². The van der Waals surface area contributed by atoms with Crippen LogP contribution in [0.3, 0.4) is 0 Å². The maximum atomic E-state index is 9.90. The van der Waals surface area contributed by atoms with Gasteiger partial charge in [-0.15, -0.1) is 0 Å². The van der Waals surface area contributed by atoms with Crippen LogP contribution in [0, 0.1) is 5.41 Å². The van der Waals surface area contributed by atoms with Crippen LogP contribution >= 0.6 is 0 Å². The molecule has 1 rings (SSSR count). The molecule has 1 aliphatic heterocycles. The largest absolute Gasteiger partial charge is 0.393 e. The lowest BCUT2D eigenvalue weighted by Gasteiger charge is -2.32. The van der Waals surface area contributed by atoms with Gasteiger partial charge in [-0.2, -0.15) is 0 Å². The zero-order valence-electron chi connectivity index (χ0n) is 8.27. The highest BCUT2D eigenvalue weighted by molar-refractivity contribution is 4.92. The topological polar surface area (TPSA) is 32.3 Å². The summed E-state index contributed by atoms with van der Waals surface area (Å²) in [4.78, 5) is 0. The molecule has 0 amide bonds. The van der Waals surface area contributed by atoms with E-state index in [0.29, 0.717) is 0 Å². The maximum Gasteiger partial charge on any atom is 0.0606 e. The zero-order valence-corrected chi connectivity index (χ0v) is 8.27. The van der Waals surface area contributed by atoms with Crippen molar-refractivity contribution in [1.82, 2.24) is 5.32 Å². The number of aliphatic hydroxyl groups excluding tert-OH is 1. The Balaban J connectivity index is 2.57. The summed E-state index contributed by atoms with van der Waals surface area (Å²) in [6.45, 7) is 6.36. The minimum atomic E-state index is -0.104. The molecule has 2 N–H and O–H groups in total. The van der Waals surface area contributed by atoms with Crippen LogP contribution in [0.25, 0.3) is 0 Å². The second-order valence-corrected chi connectivity index (χ2v) is 3.96. The Hall–Kier alpha value is -0.0800. The first-order chi connectivity index (χ1) is 5.75. The lowest BCUT2D eigenvalue weighted by Crippen LogP contribution is -2.36. The fourth-order valence-corrected chi connectivity index (χ4v) is 2.36. The number of nitrogens with one attached hydrogen (secondary N) is 1. The molecule has 72 valence electrons. The van der Waals surface area contributed by atoms with Crippen LogP contribution in [-0.2, 0) is 0 Å². The molecule has 0 aromatic carbocycles. The minimum absolute atomic E-state index is 0.104. The van der Waals surface area contributed by atoms with E-state index >= 15 is 0 Å². The summed E-state index contributed by atoms with van der Waals surface area (Å²) in [5.74, 6) is 0. The first-order valence-electron chi connectivity index (χ1n) is 5.14. The Bertz CT molecular complexity index is 130. The van der Waals surface area contributed by atoms with Crippen LogP contribution in [0.5, 0.6) is 0 Å². The minimum Gasteiger partial charge on any atom is -0.393 e. The molecular formula is C10H21NO. The molecule has 0 aromatic rings. The molecule has 2 heteroatoms. The Morgan fingerprint density at radius 3 is 2.67 bits per heavy atom. The molecule has 0 aromatic heterocycles. The van der Waals surface area contributed by atoms with Crippen molar-refractivity contribution in [2.45, 2.75) is 45.6 Å². The Morgan fingerprint density at radius 1 is 1.50 bits per heavy atom. The molecular weight excluding hydrogens is 150 g/mol. The van der Waals surface area contributed by atoms with Crippen molar-refractivity contribution < 1.29 is 5.11 Å². The second-order valence-electron chi connectivity index (χ2n) is 3.96. The highest BCUT2D eigenvalue weighted by Crippen LogP contribution is 2.35. The predicted octanol–water partition coefficient (Wildman–Crippen LogP) is 1.54. The first kappa shape index (κ1) is 10.0. The van der Waals surface area contributed by atoms with Crippen LogP contribution in [0.15, 0.2) is 0 Å². The van der Waals surface area contributed by atoms with Crippen molar-refractivity contribution in [3.8, 4) is 0 Å². The third-order valence-corrected chi connectivity index (χ3v) is 3.12. The van der Waals surface area contributed by atoms with Crippen molar-refractivity contribution in [1.29, 1.82) is 0 Å². The summed E-state index contributed by atoms with van der Waals surface area (Å²) in [6.07, 6.45) is 4.28. The lowest BCUT2D eigenvalue weighted by molar-refractivity contribution is 0.0282. The lowest BCUT2D eigenvalue weighted by atomic mass is 9.76. The molecule has 2 unspecified atom stereocenters. The predicted molar refractivity (Wildman–Crippen MR) is 51.1 cm³/mol. The molecule has 1 fully saturated rings. The van der Waals surface area contributed by atoms with E-state index in [9.17, 15) is 5.11 Å². The van der Waals surface area contributed by atoms with Gasteiger partial charge in [0, 0.05) is 12.0 Å². The quantitative estimate of drug-likeness (QED) is 0.672. The molecule has 1 heterocycles. The van der Waals surface area contributed by atoms with Gasteiger partial charge in [0.05, 0.1) is 6.10 Å². The highest BCUT2D eigenvalue weighted by atomic mass is 16.3. The normalized spacial score (nSPS) is 32.2. The SMILES string of the molecule is CCCC1(C(O)CC)CCNC1. The summed E-state index contributed by atoms with van der Waals surface area (Å²) >= 11 is 0. The van der Waals surface area contributed by atoms with E-state index in [4.69, 9.17) is 0 Å². The van der Waals surface area contributed by atoms with E-state index in [2.05, 4.69) is 19.2 Å². The molecule has 0 saturated carbocycles. The van der Waals surface area contributed by atoms with Crippen molar-refractivity contribution in [2.24, 2.45) is 5.41 Å².